The highest BCUT2D eigenvalue weighted by molar-refractivity contribution is 5.95. The molecule has 7 nitrogen and oxygen atoms in total. The van der Waals surface area contributed by atoms with Gasteiger partial charge in [0.25, 0.3) is 5.91 Å². The Kier molecular flexibility index (Phi) is 4.68. The number of nitro benzene ring substituents is 1. The van der Waals surface area contributed by atoms with Gasteiger partial charge in [0.1, 0.15) is 5.82 Å². The van der Waals surface area contributed by atoms with Crippen LogP contribution < -0.4 is 11.1 Å². The van der Waals surface area contributed by atoms with E-state index in [-0.39, 0.29) is 6.42 Å². The van der Waals surface area contributed by atoms with Crippen molar-refractivity contribution >= 4 is 17.5 Å². The van der Waals surface area contributed by atoms with Crippen molar-refractivity contribution in [2.75, 3.05) is 0 Å². The van der Waals surface area contributed by atoms with Crippen molar-refractivity contribution in [2.45, 2.75) is 19.4 Å². The summed E-state index contributed by atoms with van der Waals surface area (Å²) in [5, 5.41) is 12.6. The maximum Gasteiger partial charge on any atom is 0.307 e. The van der Waals surface area contributed by atoms with Gasteiger partial charge in [-0.2, -0.15) is 4.39 Å². The van der Waals surface area contributed by atoms with E-state index in [2.05, 4.69) is 5.32 Å². The summed E-state index contributed by atoms with van der Waals surface area (Å²) in [5.74, 6) is -4.23. The second kappa shape index (κ2) is 6.04. The second-order valence-electron chi connectivity index (χ2n) is 4.09. The molecule has 0 aromatic heterocycles. The zero-order valence-corrected chi connectivity index (χ0v) is 10.4. The number of halogens is 2. The van der Waals surface area contributed by atoms with Crippen LogP contribution in [0.1, 0.15) is 23.7 Å². The maximum atomic E-state index is 13.5. The van der Waals surface area contributed by atoms with Crippen molar-refractivity contribution in [3.8, 4) is 0 Å². The Bertz CT molecular complexity index is 577. The molecule has 1 rings (SSSR count). The predicted molar refractivity (Wildman–Crippen MR) is 63.8 cm³/mol. The van der Waals surface area contributed by atoms with Crippen molar-refractivity contribution < 1.29 is 23.3 Å². The van der Waals surface area contributed by atoms with Gasteiger partial charge in [-0.3, -0.25) is 19.7 Å². The van der Waals surface area contributed by atoms with Crippen molar-refractivity contribution in [3.63, 3.8) is 0 Å². The highest BCUT2D eigenvalue weighted by Gasteiger charge is 2.22. The van der Waals surface area contributed by atoms with E-state index in [0.717, 1.165) is 0 Å². The van der Waals surface area contributed by atoms with Gasteiger partial charge >= 0.3 is 5.69 Å². The molecule has 0 fully saturated rings. The Labute approximate surface area is 111 Å². The molecule has 0 saturated heterocycles. The summed E-state index contributed by atoms with van der Waals surface area (Å²) in [6, 6.07) is 0.0700. The van der Waals surface area contributed by atoms with Crippen LogP contribution in [0.15, 0.2) is 12.1 Å². The number of benzene rings is 1. The number of rotatable bonds is 5. The molecule has 0 aliphatic carbocycles. The van der Waals surface area contributed by atoms with E-state index in [9.17, 15) is 28.5 Å². The van der Waals surface area contributed by atoms with Gasteiger partial charge in [0.05, 0.1) is 16.6 Å². The second-order valence-corrected chi connectivity index (χ2v) is 4.09. The minimum absolute atomic E-state index is 0.178. The number of carbonyl (C=O) groups excluding carboxylic acids is 2. The first-order valence-electron chi connectivity index (χ1n) is 5.45. The smallest absolute Gasteiger partial charge is 0.307 e. The molecule has 0 aliphatic rings. The van der Waals surface area contributed by atoms with E-state index in [1.54, 1.807) is 0 Å². The summed E-state index contributed by atoms with van der Waals surface area (Å²) in [5.41, 5.74) is 3.16. The molecule has 9 heteroatoms. The van der Waals surface area contributed by atoms with E-state index in [1.165, 1.54) is 6.92 Å². The van der Waals surface area contributed by atoms with Crippen LogP contribution in [-0.2, 0) is 4.79 Å². The Morgan fingerprint density at radius 2 is 2.00 bits per heavy atom. The standard InChI is InChI=1S/C11H11F2N3O4/c1-5(2-10(14)17)15-11(18)6-3-8(13)9(16(19)20)4-7(6)12/h3-5H,2H2,1H3,(H2,14,17)(H,15,18). The number of nitro groups is 1. The quantitative estimate of drug-likeness (QED) is 0.617. The number of amides is 2. The van der Waals surface area contributed by atoms with Gasteiger partial charge in [0.2, 0.25) is 11.7 Å². The molecule has 0 radical (unpaired) electrons. The lowest BCUT2D eigenvalue weighted by atomic mass is 10.1. The monoisotopic (exact) mass is 287 g/mol. The SMILES string of the molecule is CC(CC(N)=O)NC(=O)c1cc(F)c([N+](=O)[O-])cc1F. The lowest BCUT2D eigenvalue weighted by Crippen LogP contribution is -2.36. The molecule has 1 unspecified atom stereocenters. The minimum Gasteiger partial charge on any atom is -0.370 e. The summed E-state index contributed by atoms with van der Waals surface area (Å²) in [4.78, 5) is 31.6. The topological polar surface area (TPSA) is 115 Å². The first-order chi connectivity index (χ1) is 9.22. The molecule has 0 bridgehead atoms. The minimum atomic E-state index is -1.33. The van der Waals surface area contributed by atoms with Gasteiger partial charge in [0.15, 0.2) is 0 Å². The lowest BCUT2D eigenvalue weighted by molar-refractivity contribution is -0.387. The fourth-order valence-corrected chi connectivity index (χ4v) is 1.50. The van der Waals surface area contributed by atoms with E-state index in [4.69, 9.17) is 5.73 Å². The van der Waals surface area contributed by atoms with Gasteiger partial charge in [-0.25, -0.2) is 4.39 Å². The van der Waals surface area contributed by atoms with Crippen LogP contribution in [0.2, 0.25) is 0 Å². The third kappa shape index (κ3) is 3.70. The summed E-state index contributed by atoms with van der Waals surface area (Å²) < 4.78 is 26.9. The number of primary amides is 1. The highest BCUT2D eigenvalue weighted by Crippen LogP contribution is 2.21. The zero-order chi connectivity index (χ0) is 15.4. The van der Waals surface area contributed by atoms with Crippen molar-refractivity contribution in [1.82, 2.24) is 5.32 Å². The Morgan fingerprint density at radius 1 is 1.40 bits per heavy atom. The number of nitrogens with two attached hydrogens (primary N) is 1. The Hall–Kier alpha value is -2.58. The molecule has 3 N–H and O–H groups in total. The Balaban J connectivity index is 2.97. The van der Waals surface area contributed by atoms with Gasteiger partial charge in [-0.15, -0.1) is 0 Å². The summed E-state index contributed by atoms with van der Waals surface area (Å²) in [7, 11) is 0. The van der Waals surface area contributed by atoms with Gasteiger partial charge in [-0.05, 0) is 13.0 Å². The summed E-state index contributed by atoms with van der Waals surface area (Å²) in [6.45, 7) is 1.45. The van der Waals surface area contributed by atoms with Crippen LogP contribution in [0.5, 0.6) is 0 Å². The highest BCUT2D eigenvalue weighted by atomic mass is 19.1. The molecule has 0 heterocycles. The van der Waals surface area contributed by atoms with E-state index in [0.29, 0.717) is 12.1 Å². The van der Waals surface area contributed by atoms with Gasteiger partial charge in [-0.1, -0.05) is 0 Å². The van der Waals surface area contributed by atoms with Gasteiger partial charge in [0, 0.05) is 12.5 Å². The molecular formula is C11H11F2N3O4. The first-order valence-corrected chi connectivity index (χ1v) is 5.45. The number of carbonyl (C=O) groups is 2. The molecule has 108 valence electrons. The van der Waals surface area contributed by atoms with Crippen LogP contribution in [0.25, 0.3) is 0 Å². The van der Waals surface area contributed by atoms with E-state index >= 15 is 0 Å². The predicted octanol–water partition coefficient (Wildman–Crippen LogP) is 0.867. The molecular weight excluding hydrogens is 276 g/mol. The number of hydrogen-bond donors (Lipinski definition) is 2. The fourth-order valence-electron chi connectivity index (χ4n) is 1.50. The number of nitrogens with zero attached hydrogens (tertiary/aromatic N) is 1. The summed E-state index contributed by atoms with van der Waals surface area (Å²) in [6.07, 6.45) is -0.178. The van der Waals surface area contributed by atoms with Crippen molar-refractivity contribution in [2.24, 2.45) is 5.73 Å². The van der Waals surface area contributed by atoms with Gasteiger partial charge < -0.3 is 11.1 Å². The third-order valence-corrected chi connectivity index (χ3v) is 2.36. The average Bonchev–Trinajstić information content (AvgIpc) is 2.29. The zero-order valence-electron chi connectivity index (χ0n) is 10.4. The largest absolute Gasteiger partial charge is 0.370 e. The normalized spacial score (nSPS) is 11.8. The molecule has 1 atom stereocenters. The maximum absolute atomic E-state index is 13.5. The first kappa shape index (κ1) is 15.5. The molecule has 0 spiro atoms. The van der Waals surface area contributed by atoms with E-state index in [1.807, 2.05) is 0 Å². The van der Waals surface area contributed by atoms with Crippen molar-refractivity contribution in [1.29, 1.82) is 0 Å². The molecule has 2 amide bonds. The Morgan fingerprint density at radius 3 is 2.50 bits per heavy atom. The summed E-state index contributed by atoms with van der Waals surface area (Å²) >= 11 is 0. The lowest BCUT2D eigenvalue weighted by Gasteiger charge is -2.12. The molecule has 0 saturated carbocycles. The molecule has 20 heavy (non-hydrogen) atoms. The van der Waals surface area contributed by atoms with Crippen molar-refractivity contribution in [3.05, 3.63) is 39.4 Å². The number of hydrogen-bond acceptors (Lipinski definition) is 4. The molecule has 0 aliphatic heterocycles. The molecule has 1 aromatic rings. The average molecular weight is 287 g/mol. The van der Waals surface area contributed by atoms with Crippen LogP contribution in [0, 0.1) is 21.7 Å². The van der Waals surface area contributed by atoms with Crippen LogP contribution in [0.3, 0.4) is 0 Å². The number of nitrogens with one attached hydrogen (secondary N) is 1. The van der Waals surface area contributed by atoms with Crippen LogP contribution in [-0.4, -0.2) is 22.8 Å². The van der Waals surface area contributed by atoms with Crippen LogP contribution in [0.4, 0.5) is 14.5 Å². The van der Waals surface area contributed by atoms with Crippen LogP contribution >= 0.6 is 0 Å². The third-order valence-electron chi connectivity index (χ3n) is 2.36. The molecule has 1 aromatic carbocycles. The fraction of sp³-hybridized carbons (Fsp3) is 0.273. The van der Waals surface area contributed by atoms with E-state index < -0.39 is 45.7 Å².